The van der Waals surface area contributed by atoms with Crippen LogP contribution in [0, 0.1) is 6.92 Å². The highest BCUT2D eigenvalue weighted by atomic mass is 32.1. The Morgan fingerprint density at radius 3 is 2.60 bits per heavy atom. The van der Waals surface area contributed by atoms with Crippen molar-refractivity contribution in [2.24, 2.45) is 10.7 Å². The molecule has 5 nitrogen and oxygen atoms in total. The molecule has 2 N–H and O–H groups in total. The van der Waals surface area contributed by atoms with Gasteiger partial charge in [0.15, 0.2) is 5.96 Å². The molecule has 0 bridgehead atoms. The van der Waals surface area contributed by atoms with Crippen LogP contribution < -0.4 is 5.73 Å². The van der Waals surface area contributed by atoms with Gasteiger partial charge in [-0.2, -0.15) is 0 Å². The molecule has 0 amide bonds. The van der Waals surface area contributed by atoms with E-state index in [1.807, 2.05) is 11.8 Å². The average molecular weight is 227 g/mol. The molecule has 6 heteroatoms. The number of aryl methyl sites for hydroxylation is 1. The lowest BCUT2D eigenvalue weighted by molar-refractivity contribution is 0.458. The van der Waals surface area contributed by atoms with E-state index in [-0.39, 0.29) is 0 Å². The summed E-state index contributed by atoms with van der Waals surface area (Å²) in [5.41, 5.74) is 6.79. The van der Waals surface area contributed by atoms with Gasteiger partial charge in [0.25, 0.3) is 0 Å². The Labute approximate surface area is 94.2 Å². The van der Waals surface area contributed by atoms with Gasteiger partial charge in [0, 0.05) is 13.1 Å². The third-order valence-corrected chi connectivity index (χ3v) is 3.03. The first kappa shape index (κ1) is 11.9. The number of rotatable bonds is 4. The fraction of sp³-hybridized carbons (Fsp3) is 0.667. The maximum Gasteiger partial charge on any atom is 0.191 e. The molecule has 15 heavy (non-hydrogen) atoms. The summed E-state index contributed by atoms with van der Waals surface area (Å²) in [6.45, 7) is 8.39. The van der Waals surface area contributed by atoms with Gasteiger partial charge >= 0.3 is 0 Å². The van der Waals surface area contributed by atoms with E-state index in [4.69, 9.17) is 5.73 Å². The fourth-order valence-corrected chi connectivity index (χ4v) is 1.75. The summed E-state index contributed by atoms with van der Waals surface area (Å²) in [4.78, 5) is 7.41. The second kappa shape index (κ2) is 5.65. The van der Waals surface area contributed by atoms with Crippen molar-refractivity contribution in [3.05, 3.63) is 10.6 Å². The molecular formula is C9H17N5S. The van der Waals surface area contributed by atoms with Gasteiger partial charge < -0.3 is 10.6 Å². The van der Waals surface area contributed by atoms with Crippen molar-refractivity contribution in [2.75, 3.05) is 13.1 Å². The van der Waals surface area contributed by atoms with E-state index in [0.717, 1.165) is 23.7 Å². The van der Waals surface area contributed by atoms with E-state index in [9.17, 15) is 0 Å². The van der Waals surface area contributed by atoms with E-state index >= 15 is 0 Å². The molecule has 0 aliphatic carbocycles. The Morgan fingerprint density at radius 2 is 2.13 bits per heavy atom. The summed E-state index contributed by atoms with van der Waals surface area (Å²) in [5, 5.41) is 3.92. The maximum absolute atomic E-state index is 5.85. The quantitative estimate of drug-likeness (QED) is 0.615. The minimum atomic E-state index is 0.575. The molecule has 1 aromatic rings. The third kappa shape index (κ3) is 3.16. The van der Waals surface area contributed by atoms with Crippen molar-refractivity contribution < 1.29 is 0 Å². The molecule has 0 saturated heterocycles. The molecular weight excluding hydrogens is 210 g/mol. The van der Waals surface area contributed by atoms with Gasteiger partial charge in [-0.15, -0.1) is 5.10 Å². The monoisotopic (exact) mass is 227 g/mol. The highest BCUT2D eigenvalue weighted by molar-refractivity contribution is 7.05. The van der Waals surface area contributed by atoms with Gasteiger partial charge in [0.1, 0.15) is 0 Å². The minimum Gasteiger partial charge on any atom is -0.370 e. The van der Waals surface area contributed by atoms with E-state index in [0.29, 0.717) is 12.5 Å². The highest BCUT2D eigenvalue weighted by Crippen LogP contribution is 2.10. The van der Waals surface area contributed by atoms with Crippen LogP contribution in [0.1, 0.15) is 24.4 Å². The van der Waals surface area contributed by atoms with Crippen molar-refractivity contribution in [1.82, 2.24) is 14.5 Å². The van der Waals surface area contributed by atoms with E-state index in [1.165, 1.54) is 11.5 Å². The van der Waals surface area contributed by atoms with E-state index in [2.05, 4.69) is 28.4 Å². The second-order valence-corrected chi connectivity index (χ2v) is 3.97. The van der Waals surface area contributed by atoms with Gasteiger partial charge in [-0.05, 0) is 32.3 Å². The fourth-order valence-electron chi connectivity index (χ4n) is 1.20. The predicted octanol–water partition coefficient (Wildman–Crippen LogP) is 1.00. The lowest BCUT2D eigenvalue weighted by Crippen LogP contribution is -2.37. The highest BCUT2D eigenvalue weighted by Gasteiger charge is 2.04. The molecule has 0 unspecified atom stereocenters. The molecule has 1 heterocycles. The van der Waals surface area contributed by atoms with Gasteiger partial charge in [0.2, 0.25) is 0 Å². The molecule has 0 atom stereocenters. The standard InChI is InChI=1S/C9H17N5S/c1-4-14(5-2)9(10)11-6-8-7(3)12-13-15-8/h4-6H2,1-3H3,(H2,10,11). The molecule has 0 aliphatic heterocycles. The van der Waals surface area contributed by atoms with Gasteiger partial charge in [-0.25, -0.2) is 4.99 Å². The predicted molar refractivity (Wildman–Crippen MR) is 62.9 cm³/mol. The van der Waals surface area contributed by atoms with E-state index < -0.39 is 0 Å². The first-order valence-corrected chi connectivity index (χ1v) is 5.79. The zero-order valence-electron chi connectivity index (χ0n) is 9.40. The van der Waals surface area contributed by atoms with Crippen LogP contribution in [0.4, 0.5) is 0 Å². The van der Waals surface area contributed by atoms with Gasteiger partial charge in [0.05, 0.1) is 17.1 Å². The second-order valence-electron chi connectivity index (χ2n) is 3.13. The Balaban J connectivity index is 2.61. The normalized spacial score (nSPS) is 11.8. The van der Waals surface area contributed by atoms with Crippen LogP contribution in [0.25, 0.3) is 0 Å². The smallest absolute Gasteiger partial charge is 0.191 e. The molecule has 1 aromatic heterocycles. The largest absolute Gasteiger partial charge is 0.370 e. The Kier molecular flexibility index (Phi) is 4.48. The average Bonchev–Trinajstić information content (AvgIpc) is 2.63. The number of hydrogen-bond acceptors (Lipinski definition) is 4. The van der Waals surface area contributed by atoms with Crippen molar-refractivity contribution in [3.8, 4) is 0 Å². The number of nitrogens with zero attached hydrogens (tertiary/aromatic N) is 4. The summed E-state index contributed by atoms with van der Waals surface area (Å²) in [7, 11) is 0. The molecule has 0 radical (unpaired) electrons. The SMILES string of the molecule is CCN(CC)C(N)=NCc1snnc1C. The first-order chi connectivity index (χ1) is 7.19. The summed E-state index contributed by atoms with van der Waals surface area (Å²) in [5.74, 6) is 0.591. The van der Waals surface area contributed by atoms with Crippen LogP contribution >= 0.6 is 11.5 Å². The van der Waals surface area contributed by atoms with Crippen molar-refractivity contribution in [1.29, 1.82) is 0 Å². The lowest BCUT2D eigenvalue weighted by atomic mass is 10.4. The third-order valence-electron chi connectivity index (χ3n) is 2.22. The number of aliphatic imine (C=N–C) groups is 1. The Bertz CT molecular complexity index is 329. The zero-order valence-corrected chi connectivity index (χ0v) is 10.2. The first-order valence-electron chi connectivity index (χ1n) is 5.01. The van der Waals surface area contributed by atoms with Crippen LogP contribution in [0.3, 0.4) is 0 Å². The summed E-state index contributed by atoms with van der Waals surface area (Å²) < 4.78 is 3.85. The molecule has 1 rings (SSSR count). The minimum absolute atomic E-state index is 0.575. The molecule has 0 spiro atoms. The molecule has 0 saturated carbocycles. The molecule has 84 valence electrons. The molecule has 0 fully saturated rings. The summed E-state index contributed by atoms with van der Waals surface area (Å²) in [6.07, 6.45) is 0. The number of aromatic nitrogens is 2. The van der Waals surface area contributed by atoms with Crippen LogP contribution in [0.5, 0.6) is 0 Å². The van der Waals surface area contributed by atoms with Crippen molar-refractivity contribution >= 4 is 17.5 Å². The van der Waals surface area contributed by atoms with Crippen LogP contribution in [0.2, 0.25) is 0 Å². The maximum atomic E-state index is 5.85. The van der Waals surface area contributed by atoms with Gasteiger partial charge in [-0.1, -0.05) is 4.49 Å². The van der Waals surface area contributed by atoms with Crippen molar-refractivity contribution in [3.63, 3.8) is 0 Å². The van der Waals surface area contributed by atoms with Crippen LogP contribution in [-0.2, 0) is 6.54 Å². The topological polar surface area (TPSA) is 67.4 Å². The van der Waals surface area contributed by atoms with E-state index in [1.54, 1.807) is 0 Å². The Morgan fingerprint density at radius 1 is 1.47 bits per heavy atom. The summed E-state index contributed by atoms with van der Waals surface area (Å²) >= 11 is 1.38. The number of hydrogen-bond donors (Lipinski definition) is 1. The summed E-state index contributed by atoms with van der Waals surface area (Å²) in [6, 6.07) is 0. The van der Waals surface area contributed by atoms with Gasteiger partial charge in [-0.3, -0.25) is 0 Å². The van der Waals surface area contributed by atoms with Crippen LogP contribution in [0.15, 0.2) is 4.99 Å². The van der Waals surface area contributed by atoms with Crippen molar-refractivity contribution in [2.45, 2.75) is 27.3 Å². The van der Waals surface area contributed by atoms with Crippen LogP contribution in [-0.4, -0.2) is 33.5 Å². The number of nitrogens with two attached hydrogens (primary N) is 1. The molecule has 0 aliphatic rings. The Hall–Kier alpha value is -1.17. The molecule has 0 aromatic carbocycles. The number of guanidine groups is 1. The zero-order chi connectivity index (χ0) is 11.3. The lowest BCUT2D eigenvalue weighted by Gasteiger charge is -2.19.